The Hall–Kier alpha value is -1.99. The average Bonchev–Trinajstić information content (AvgIpc) is 3.09. The van der Waals surface area contributed by atoms with Crippen molar-refractivity contribution in [1.29, 1.82) is 0 Å². The topological polar surface area (TPSA) is 85.8 Å². The number of likely N-dealkylation sites (tertiary alicyclic amines) is 1. The molecule has 0 aliphatic carbocycles. The second kappa shape index (κ2) is 10.2. The summed E-state index contributed by atoms with van der Waals surface area (Å²) < 4.78 is 0. The van der Waals surface area contributed by atoms with E-state index in [0.29, 0.717) is 30.4 Å². The van der Waals surface area contributed by atoms with Gasteiger partial charge in [-0.25, -0.2) is 10.0 Å². The zero-order chi connectivity index (χ0) is 18.9. The number of nitrogens with zero attached hydrogens (tertiary/aromatic N) is 3. The molecule has 1 aliphatic rings. The van der Waals surface area contributed by atoms with Gasteiger partial charge in [0.2, 0.25) is 12.3 Å². The second-order valence-corrected chi connectivity index (χ2v) is 7.05. The van der Waals surface area contributed by atoms with Crippen LogP contribution in [0.1, 0.15) is 44.6 Å². The van der Waals surface area contributed by atoms with E-state index < -0.39 is 0 Å². The maximum Gasteiger partial charge on any atom is 0.242 e. The zero-order valence-corrected chi connectivity index (χ0v) is 15.7. The minimum Gasteiger partial charge on any atom is -0.309 e. The van der Waals surface area contributed by atoms with Crippen LogP contribution in [0.5, 0.6) is 0 Å². The minimum absolute atomic E-state index is 0.0326. The zero-order valence-electron chi connectivity index (χ0n) is 15.7. The number of carbonyl (C=O) groups excluding carboxylic acids is 2. The molecule has 0 unspecified atom stereocenters. The van der Waals surface area contributed by atoms with Crippen molar-refractivity contribution >= 4 is 18.1 Å². The molecule has 2 amide bonds. The summed E-state index contributed by atoms with van der Waals surface area (Å²) in [4.78, 5) is 29.9. The maximum absolute atomic E-state index is 12.7. The van der Waals surface area contributed by atoms with Crippen LogP contribution in [0.15, 0.2) is 18.3 Å². The molecule has 1 aromatic heterocycles. The molecule has 2 N–H and O–H groups in total. The van der Waals surface area contributed by atoms with E-state index in [9.17, 15) is 14.8 Å². The Morgan fingerprint density at radius 2 is 2.38 bits per heavy atom. The summed E-state index contributed by atoms with van der Waals surface area (Å²) in [6, 6.07) is 3.58. The fraction of sp³-hybridized carbons (Fsp3) is 0.632. The summed E-state index contributed by atoms with van der Waals surface area (Å²) in [7, 11) is 0. The number of pyridine rings is 1. The number of rotatable bonds is 10. The number of anilines is 1. The number of nitrogens with one attached hydrogen (secondary N) is 1. The summed E-state index contributed by atoms with van der Waals surface area (Å²) in [5.74, 6) is 0.722. The van der Waals surface area contributed by atoms with E-state index in [2.05, 4.69) is 22.1 Å². The van der Waals surface area contributed by atoms with Crippen LogP contribution in [0.3, 0.4) is 0 Å². The van der Waals surface area contributed by atoms with Gasteiger partial charge in [0.15, 0.2) is 0 Å². The van der Waals surface area contributed by atoms with Gasteiger partial charge in [-0.3, -0.25) is 19.7 Å². The highest BCUT2D eigenvalue weighted by atomic mass is 16.5. The predicted molar refractivity (Wildman–Crippen MR) is 99.8 cm³/mol. The number of hydrogen-bond donors (Lipinski definition) is 2. The first-order valence-corrected chi connectivity index (χ1v) is 9.42. The monoisotopic (exact) mass is 362 g/mol. The van der Waals surface area contributed by atoms with Crippen LogP contribution in [0.25, 0.3) is 0 Å². The highest BCUT2D eigenvalue weighted by Gasteiger charge is 2.32. The Morgan fingerprint density at radius 1 is 1.58 bits per heavy atom. The largest absolute Gasteiger partial charge is 0.309 e. The fourth-order valence-electron chi connectivity index (χ4n) is 3.53. The Labute approximate surface area is 155 Å². The molecule has 2 heterocycles. The predicted octanol–water partition coefficient (Wildman–Crippen LogP) is 2.45. The first kappa shape index (κ1) is 20.3. The molecular formula is C19H30N4O3. The lowest BCUT2D eigenvalue weighted by molar-refractivity contribution is -0.153. The van der Waals surface area contributed by atoms with E-state index in [-0.39, 0.29) is 17.9 Å². The third kappa shape index (κ3) is 5.78. The molecule has 1 aromatic rings. The van der Waals surface area contributed by atoms with Crippen molar-refractivity contribution in [3.63, 3.8) is 0 Å². The molecular weight excluding hydrogens is 332 g/mol. The fourth-order valence-corrected chi connectivity index (χ4v) is 3.53. The van der Waals surface area contributed by atoms with Gasteiger partial charge >= 0.3 is 0 Å². The molecule has 0 bridgehead atoms. The van der Waals surface area contributed by atoms with Gasteiger partial charge in [0, 0.05) is 12.7 Å². The van der Waals surface area contributed by atoms with Gasteiger partial charge in [0.25, 0.3) is 0 Å². The maximum atomic E-state index is 12.7. The quantitative estimate of drug-likeness (QED) is 0.379. The number of aromatic nitrogens is 1. The van der Waals surface area contributed by atoms with E-state index in [1.165, 1.54) is 0 Å². The van der Waals surface area contributed by atoms with Crippen LogP contribution >= 0.6 is 0 Å². The molecule has 2 rings (SSSR count). The Bertz CT molecular complexity index is 596. The van der Waals surface area contributed by atoms with Crippen LogP contribution in [-0.2, 0) is 9.59 Å². The minimum atomic E-state index is -0.191. The lowest BCUT2D eigenvalue weighted by Gasteiger charge is -2.29. The van der Waals surface area contributed by atoms with E-state index in [0.717, 1.165) is 44.2 Å². The molecule has 26 heavy (non-hydrogen) atoms. The Kier molecular flexibility index (Phi) is 8.00. The Morgan fingerprint density at radius 3 is 3.08 bits per heavy atom. The molecule has 0 radical (unpaired) electrons. The third-order valence-corrected chi connectivity index (χ3v) is 4.94. The van der Waals surface area contributed by atoms with Gasteiger partial charge in [-0.15, -0.1) is 0 Å². The van der Waals surface area contributed by atoms with E-state index in [1.54, 1.807) is 6.20 Å². The molecule has 2 atom stereocenters. The van der Waals surface area contributed by atoms with Crippen LogP contribution in [0.4, 0.5) is 5.82 Å². The van der Waals surface area contributed by atoms with Crippen molar-refractivity contribution in [1.82, 2.24) is 14.9 Å². The average molecular weight is 362 g/mol. The van der Waals surface area contributed by atoms with E-state index >= 15 is 0 Å². The molecule has 1 saturated heterocycles. The number of amides is 2. The van der Waals surface area contributed by atoms with Gasteiger partial charge in [0.05, 0.1) is 12.6 Å². The SMILES string of the molecule is CCCC[C@H](CN(O)C=O)CN1CCC[C@H]1C(=O)Nc1ncccc1C. The first-order valence-electron chi connectivity index (χ1n) is 9.42. The van der Waals surface area contributed by atoms with Gasteiger partial charge in [0.1, 0.15) is 5.82 Å². The van der Waals surface area contributed by atoms with Crippen LogP contribution < -0.4 is 5.32 Å². The Balaban J connectivity index is 1.99. The number of unbranched alkanes of at least 4 members (excludes halogenated alkanes) is 1. The van der Waals surface area contributed by atoms with Crippen LogP contribution in [-0.4, -0.2) is 58.1 Å². The van der Waals surface area contributed by atoms with E-state index in [1.807, 2.05) is 19.1 Å². The van der Waals surface area contributed by atoms with Gasteiger partial charge < -0.3 is 5.32 Å². The van der Waals surface area contributed by atoms with Crippen molar-refractivity contribution in [3.8, 4) is 0 Å². The number of hydroxylamine groups is 2. The highest BCUT2D eigenvalue weighted by molar-refractivity contribution is 5.94. The summed E-state index contributed by atoms with van der Waals surface area (Å²) in [5, 5.41) is 13.2. The lowest BCUT2D eigenvalue weighted by atomic mass is 10.0. The normalized spacial score (nSPS) is 18.5. The van der Waals surface area contributed by atoms with Gasteiger partial charge in [-0.2, -0.15) is 0 Å². The third-order valence-electron chi connectivity index (χ3n) is 4.94. The molecule has 0 spiro atoms. The summed E-state index contributed by atoms with van der Waals surface area (Å²) in [6.45, 7) is 5.90. The van der Waals surface area contributed by atoms with Gasteiger partial charge in [-0.1, -0.05) is 25.8 Å². The number of hydrogen-bond acceptors (Lipinski definition) is 5. The number of aryl methyl sites for hydroxylation is 1. The first-order chi connectivity index (χ1) is 12.5. The van der Waals surface area contributed by atoms with Crippen LogP contribution in [0.2, 0.25) is 0 Å². The molecule has 144 valence electrons. The van der Waals surface area contributed by atoms with Crippen molar-refractivity contribution in [2.45, 2.75) is 52.0 Å². The smallest absolute Gasteiger partial charge is 0.242 e. The molecule has 0 aromatic carbocycles. The van der Waals surface area contributed by atoms with Crippen LogP contribution in [0, 0.1) is 12.8 Å². The van der Waals surface area contributed by atoms with Gasteiger partial charge in [-0.05, 0) is 50.3 Å². The summed E-state index contributed by atoms with van der Waals surface area (Å²) in [6.07, 6.45) is 6.92. The summed E-state index contributed by atoms with van der Waals surface area (Å²) in [5.41, 5.74) is 0.938. The molecule has 0 saturated carbocycles. The molecule has 7 nitrogen and oxygen atoms in total. The van der Waals surface area contributed by atoms with Crippen molar-refractivity contribution in [2.24, 2.45) is 5.92 Å². The summed E-state index contributed by atoms with van der Waals surface area (Å²) >= 11 is 0. The molecule has 1 fully saturated rings. The molecule has 7 heteroatoms. The van der Waals surface area contributed by atoms with E-state index in [4.69, 9.17) is 0 Å². The number of carbonyl (C=O) groups is 2. The van der Waals surface area contributed by atoms with Crippen molar-refractivity contribution in [3.05, 3.63) is 23.9 Å². The highest BCUT2D eigenvalue weighted by Crippen LogP contribution is 2.23. The standard InChI is InChI=1S/C19H30N4O3/c1-3-4-8-16(13-23(26)14-24)12-22-11-6-9-17(22)19(25)21-18-15(2)7-5-10-20-18/h5,7,10,14,16-17,26H,3-4,6,8-9,11-13H2,1-2H3,(H,20,21,25)/t16-,17-/m0/s1. The van der Waals surface area contributed by atoms with Crippen molar-refractivity contribution in [2.75, 3.05) is 25.0 Å². The lowest BCUT2D eigenvalue weighted by Crippen LogP contribution is -2.43. The molecule has 1 aliphatic heterocycles. The van der Waals surface area contributed by atoms with Crippen molar-refractivity contribution < 1.29 is 14.8 Å². The second-order valence-electron chi connectivity index (χ2n) is 7.05.